The maximum Gasteiger partial charge on any atom is 0.406 e. The van der Waals surface area contributed by atoms with Gasteiger partial charge in [-0.2, -0.15) is 13.2 Å². The van der Waals surface area contributed by atoms with Crippen LogP contribution in [0.2, 0.25) is 5.02 Å². The lowest BCUT2D eigenvalue weighted by molar-refractivity contribution is -0.140. The van der Waals surface area contributed by atoms with Gasteiger partial charge in [0.25, 0.3) is 5.91 Å². The topological polar surface area (TPSA) is 33.2 Å². The Morgan fingerprint density at radius 3 is 2.67 bits per heavy atom. The molecule has 0 atom stereocenters. The van der Waals surface area contributed by atoms with Crippen LogP contribution in [0.3, 0.4) is 0 Å². The number of carbonyl (C=O) groups is 1. The van der Waals surface area contributed by atoms with Crippen molar-refractivity contribution < 1.29 is 18.0 Å². The van der Waals surface area contributed by atoms with E-state index in [2.05, 4.69) is 4.98 Å². The normalized spacial score (nSPS) is 11.4. The first-order valence-corrected chi connectivity index (χ1v) is 5.69. The second kappa shape index (κ2) is 6.04. The molecule has 0 unspecified atom stereocenters. The number of aromatic nitrogens is 1. The summed E-state index contributed by atoms with van der Waals surface area (Å²) in [4.78, 5) is 16.3. The summed E-state index contributed by atoms with van der Waals surface area (Å²) in [6, 6.07) is 2.70. The van der Waals surface area contributed by atoms with E-state index < -0.39 is 18.6 Å². The van der Waals surface area contributed by atoms with Gasteiger partial charge in [-0.3, -0.25) is 9.78 Å². The van der Waals surface area contributed by atoms with E-state index in [0.29, 0.717) is 6.42 Å². The van der Waals surface area contributed by atoms with E-state index in [0.717, 1.165) is 4.90 Å². The molecule has 0 aliphatic heterocycles. The van der Waals surface area contributed by atoms with Crippen molar-refractivity contribution in [3.8, 4) is 0 Å². The highest BCUT2D eigenvalue weighted by Gasteiger charge is 2.33. The number of carbonyl (C=O) groups excluding carboxylic acids is 1. The van der Waals surface area contributed by atoms with E-state index in [9.17, 15) is 18.0 Å². The van der Waals surface area contributed by atoms with Gasteiger partial charge < -0.3 is 4.90 Å². The van der Waals surface area contributed by atoms with Crippen molar-refractivity contribution >= 4 is 17.5 Å². The lowest BCUT2D eigenvalue weighted by atomic mass is 10.3. The third-order valence-corrected chi connectivity index (χ3v) is 2.33. The molecule has 0 aliphatic rings. The van der Waals surface area contributed by atoms with Crippen LogP contribution in [0.1, 0.15) is 23.8 Å². The molecular formula is C11H12ClF3N2O. The number of pyridine rings is 1. The quantitative estimate of drug-likeness (QED) is 0.849. The molecule has 18 heavy (non-hydrogen) atoms. The minimum Gasteiger partial charge on any atom is -0.328 e. The van der Waals surface area contributed by atoms with Crippen molar-refractivity contribution in [2.45, 2.75) is 19.5 Å². The molecule has 0 fully saturated rings. The van der Waals surface area contributed by atoms with Crippen molar-refractivity contribution in [1.29, 1.82) is 0 Å². The molecule has 1 aromatic heterocycles. The highest BCUT2D eigenvalue weighted by atomic mass is 35.5. The minimum atomic E-state index is -4.43. The van der Waals surface area contributed by atoms with Gasteiger partial charge in [0, 0.05) is 17.8 Å². The van der Waals surface area contributed by atoms with Gasteiger partial charge in [0.2, 0.25) is 0 Å². The third kappa shape index (κ3) is 4.52. The van der Waals surface area contributed by atoms with Gasteiger partial charge in [-0.1, -0.05) is 18.5 Å². The number of halogens is 4. The first-order valence-electron chi connectivity index (χ1n) is 5.31. The fourth-order valence-electron chi connectivity index (χ4n) is 1.42. The van der Waals surface area contributed by atoms with Crippen LogP contribution in [0.5, 0.6) is 0 Å². The first kappa shape index (κ1) is 14.8. The molecule has 0 spiro atoms. The number of amides is 1. The predicted octanol–water partition coefficient (Wildman–Crippen LogP) is 3.15. The maximum atomic E-state index is 12.3. The average Bonchev–Trinajstić information content (AvgIpc) is 2.26. The van der Waals surface area contributed by atoms with Gasteiger partial charge >= 0.3 is 6.18 Å². The Balaban J connectivity index is 2.89. The van der Waals surface area contributed by atoms with E-state index in [4.69, 9.17) is 11.6 Å². The molecule has 0 aliphatic carbocycles. The Labute approximate surface area is 108 Å². The molecule has 1 rings (SSSR count). The molecule has 0 radical (unpaired) electrons. The number of rotatable bonds is 4. The summed E-state index contributed by atoms with van der Waals surface area (Å²) in [7, 11) is 0. The van der Waals surface area contributed by atoms with Crippen LogP contribution in [0.25, 0.3) is 0 Å². The molecule has 0 saturated carbocycles. The Bertz CT molecular complexity index is 423. The van der Waals surface area contributed by atoms with Gasteiger partial charge in [-0.05, 0) is 18.6 Å². The van der Waals surface area contributed by atoms with Crippen LogP contribution < -0.4 is 0 Å². The fraction of sp³-hybridized carbons (Fsp3) is 0.455. The van der Waals surface area contributed by atoms with Gasteiger partial charge in [0.05, 0.1) is 0 Å². The lowest BCUT2D eigenvalue weighted by Gasteiger charge is -2.23. The molecule has 100 valence electrons. The van der Waals surface area contributed by atoms with E-state index in [1.807, 2.05) is 0 Å². The van der Waals surface area contributed by atoms with Gasteiger partial charge in [-0.15, -0.1) is 0 Å². The van der Waals surface area contributed by atoms with Gasteiger partial charge in [0.1, 0.15) is 12.2 Å². The summed E-state index contributed by atoms with van der Waals surface area (Å²) in [5, 5.41) is 0.261. The van der Waals surface area contributed by atoms with Crippen molar-refractivity contribution in [3.63, 3.8) is 0 Å². The van der Waals surface area contributed by atoms with Crippen LogP contribution in [-0.4, -0.2) is 35.1 Å². The van der Waals surface area contributed by atoms with Crippen molar-refractivity contribution in [2.75, 3.05) is 13.1 Å². The van der Waals surface area contributed by atoms with Crippen molar-refractivity contribution in [3.05, 3.63) is 29.0 Å². The average molecular weight is 281 g/mol. The summed E-state index contributed by atoms with van der Waals surface area (Å²) in [6.45, 7) is 0.433. The van der Waals surface area contributed by atoms with Crippen LogP contribution in [0.15, 0.2) is 18.3 Å². The number of hydrogen-bond donors (Lipinski definition) is 0. The number of alkyl halides is 3. The lowest BCUT2D eigenvalue weighted by Crippen LogP contribution is -2.39. The summed E-state index contributed by atoms with van der Waals surface area (Å²) >= 11 is 5.67. The van der Waals surface area contributed by atoms with E-state index in [1.165, 1.54) is 18.3 Å². The molecular weight excluding hydrogens is 269 g/mol. The van der Waals surface area contributed by atoms with Gasteiger partial charge in [-0.25, -0.2) is 0 Å². The van der Waals surface area contributed by atoms with Crippen LogP contribution in [-0.2, 0) is 0 Å². The van der Waals surface area contributed by atoms with Crippen molar-refractivity contribution in [2.24, 2.45) is 0 Å². The third-order valence-electron chi connectivity index (χ3n) is 2.09. The number of nitrogens with zero attached hydrogens (tertiary/aromatic N) is 2. The molecule has 0 saturated heterocycles. The second-order valence-electron chi connectivity index (χ2n) is 3.70. The molecule has 0 N–H and O–H groups in total. The predicted molar refractivity (Wildman–Crippen MR) is 61.5 cm³/mol. The Hall–Kier alpha value is -1.30. The highest BCUT2D eigenvalue weighted by molar-refractivity contribution is 6.30. The van der Waals surface area contributed by atoms with Gasteiger partial charge in [0.15, 0.2) is 0 Å². The standard InChI is InChI=1S/C11H12ClF3N2O/c1-2-5-17(7-11(13,14)15)10(18)9-6-8(12)3-4-16-9/h3-4,6H,2,5,7H2,1H3. The van der Waals surface area contributed by atoms with Crippen molar-refractivity contribution in [1.82, 2.24) is 9.88 Å². The van der Waals surface area contributed by atoms with Crippen LogP contribution in [0.4, 0.5) is 13.2 Å². The molecule has 0 bridgehead atoms. The molecule has 1 heterocycles. The SMILES string of the molecule is CCCN(CC(F)(F)F)C(=O)c1cc(Cl)ccn1. The zero-order chi connectivity index (χ0) is 13.8. The summed E-state index contributed by atoms with van der Waals surface area (Å²) in [5.74, 6) is -0.767. The monoisotopic (exact) mass is 280 g/mol. The largest absolute Gasteiger partial charge is 0.406 e. The molecule has 1 amide bonds. The number of hydrogen-bond acceptors (Lipinski definition) is 2. The summed E-state index contributed by atoms with van der Waals surface area (Å²) in [6.07, 6.45) is -2.71. The smallest absolute Gasteiger partial charge is 0.328 e. The summed E-state index contributed by atoms with van der Waals surface area (Å²) < 4.78 is 37.0. The van der Waals surface area contributed by atoms with E-state index >= 15 is 0 Å². The van der Waals surface area contributed by atoms with Crippen LogP contribution in [0, 0.1) is 0 Å². The maximum absolute atomic E-state index is 12.3. The Morgan fingerprint density at radius 2 is 2.17 bits per heavy atom. The van der Waals surface area contributed by atoms with E-state index in [-0.39, 0.29) is 17.3 Å². The zero-order valence-corrected chi connectivity index (χ0v) is 10.4. The Kier molecular flexibility index (Phi) is 4.95. The first-order chi connectivity index (χ1) is 8.33. The molecule has 0 aromatic carbocycles. The zero-order valence-electron chi connectivity index (χ0n) is 9.67. The molecule has 1 aromatic rings. The van der Waals surface area contributed by atoms with Crippen LogP contribution >= 0.6 is 11.6 Å². The molecule has 3 nitrogen and oxygen atoms in total. The highest BCUT2D eigenvalue weighted by Crippen LogP contribution is 2.18. The van der Waals surface area contributed by atoms with E-state index in [1.54, 1.807) is 6.92 Å². The molecule has 7 heteroatoms. The fourth-order valence-corrected chi connectivity index (χ4v) is 1.58. The second-order valence-corrected chi connectivity index (χ2v) is 4.14. The Morgan fingerprint density at radius 1 is 1.50 bits per heavy atom. The minimum absolute atomic E-state index is 0.0204. The summed E-state index contributed by atoms with van der Waals surface area (Å²) in [5.41, 5.74) is -0.0831.